The van der Waals surface area contributed by atoms with Crippen molar-refractivity contribution in [2.45, 2.75) is 6.42 Å². The molecule has 0 atom stereocenters. The minimum absolute atomic E-state index is 0.0432. The summed E-state index contributed by atoms with van der Waals surface area (Å²) in [6.45, 7) is 1.80. The second-order valence-electron chi connectivity index (χ2n) is 5.79. The second-order valence-corrected chi connectivity index (χ2v) is 5.79. The monoisotopic (exact) mass is 342 g/mol. The quantitative estimate of drug-likeness (QED) is 0.825. The van der Waals surface area contributed by atoms with Crippen LogP contribution in [0.15, 0.2) is 41.2 Å². The number of phenols is 1. The molecule has 0 radical (unpaired) electrons. The summed E-state index contributed by atoms with van der Waals surface area (Å²) in [5.41, 5.74) is 0.227. The zero-order chi connectivity index (χ0) is 17.8. The molecule has 1 saturated heterocycles. The van der Waals surface area contributed by atoms with Gasteiger partial charge in [0.2, 0.25) is 0 Å². The van der Waals surface area contributed by atoms with Crippen LogP contribution >= 0.6 is 0 Å². The van der Waals surface area contributed by atoms with Gasteiger partial charge in [0.15, 0.2) is 0 Å². The molecule has 25 heavy (non-hydrogen) atoms. The number of aromatic hydroxyl groups is 1. The molecular formula is C17H18N4O4. The largest absolute Gasteiger partial charge is 0.508 e. The predicted octanol–water partition coefficient (Wildman–Crippen LogP) is 0.464. The molecule has 0 unspecified atom stereocenters. The molecule has 1 fully saturated rings. The molecule has 1 aromatic heterocycles. The first-order valence-corrected chi connectivity index (χ1v) is 7.98. The van der Waals surface area contributed by atoms with Crippen LogP contribution in [0.5, 0.6) is 5.75 Å². The van der Waals surface area contributed by atoms with Crippen molar-refractivity contribution in [3.8, 4) is 5.75 Å². The van der Waals surface area contributed by atoms with Gasteiger partial charge in [-0.25, -0.2) is 5.10 Å². The van der Waals surface area contributed by atoms with Crippen molar-refractivity contribution < 1.29 is 14.7 Å². The number of aromatic amines is 1. The number of hydrogen-bond acceptors (Lipinski definition) is 5. The molecule has 1 aliphatic heterocycles. The Morgan fingerprint density at radius 1 is 1.00 bits per heavy atom. The number of nitrogens with zero attached hydrogens (tertiary/aromatic N) is 3. The van der Waals surface area contributed by atoms with Crippen molar-refractivity contribution in [1.82, 2.24) is 20.0 Å². The molecule has 2 N–H and O–H groups in total. The first-order valence-electron chi connectivity index (χ1n) is 7.98. The Morgan fingerprint density at radius 3 is 2.36 bits per heavy atom. The Bertz CT molecular complexity index is 828. The third-order valence-electron chi connectivity index (χ3n) is 4.06. The van der Waals surface area contributed by atoms with Gasteiger partial charge < -0.3 is 14.9 Å². The van der Waals surface area contributed by atoms with Gasteiger partial charge in [0.1, 0.15) is 11.4 Å². The Labute approximate surface area is 143 Å². The summed E-state index contributed by atoms with van der Waals surface area (Å²) in [4.78, 5) is 39.3. The molecule has 1 aliphatic rings. The lowest BCUT2D eigenvalue weighted by Gasteiger charge is -2.22. The van der Waals surface area contributed by atoms with Crippen LogP contribution in [-0.2, 0) is 0 Å². The van der Waals surface area contributed by atoms with E-state index in [1.165, 1.54) is 24.3 Å². The Hall–Kier alpha value is -3.16. The Balaban J connectivity index is 1.67. The Kier molecular flexibility index (Phi) is 4.78. The maximum Gasteiger partial charge on any atom is 0.274 e. The lowest BCUT2D eigenvalue weighted by molar-refractivity contribution is 0.0715. The van der Waals surface area contributed by atoms with Gasteiger partial charge >= 0.3 is 0 Å². The van der Waals surface area contributed by atoms with Crippen LogP contribution in [0.1, 0.15) is 27.3 Å². The van der Waals surface area contributed by atoms with Crippen molar-refractivity contribution in [2.24, 2.45) is 0 Å². The van der Waals surface area contributed by atoms with E-state index in [2.05, 4.69) is 10.2 Å². The molecule has 0 bridgehead atoms. The fourth-order valence-corrected chi connectivity index (χ4v) is 2.77. The summed E-state index contributed by atoms with van der Waals surface area (Å²) < 4.78 is 0. The first-order chi connectivity index (χ1) is 12.0. The van der Waals surface area contributed by atoms with Gasteiger partial charge in [-0.05, 0) is 30.7 Å². The highest BCUT2D eigenvalue weighted by atomic mass is 16.3. The average Bonchev–Trinajstić information content (AvgIpc) is 2.87. The zero-order valence-electron chi connectivity index (χ0n) is 13.5. The number of rotatable bonds is 2. The molecule has 2 aromatic rings. The standard InChI is InChI=1S/C17H18N4O4/c22-13-4-1-3-12(11-13)16(24)20-7-2-8-21(10-9-20)17(25)14-5-6-15(23)19-18-14/h1,3-6,11,22H,2,7-10H2,(H,19,23). The number of carbonyl (C=O) groups is 2. The van der Waals surface area contributed by atoms with E-state index in [1.54, 1.807) is 21.9 Å². The van der Waals surface area contributed by atoms with Crippen LogP contribution in [0.3, 0.4) is 0 Å². The fourth-order valence-electron chi connectivity index (χ4n) is 2.77. The van der Waals surface area contributed by atoms with E-state index >= 15 is 0 Å². The number of nitrogens with one attached hydrogen (secondary N) is 1. The maximum absolute atomic E-state index is 12.5. The van der Waals surface area contributed by atoms with Gasteiger partial charge in [-0.1, -0.05) is 6.07 Å². The van der Waals surface area contributed by atoms with Crippen LogP contribution in [0.25, 0.3) is 0 Å². The predicted molar refractivity (Wildman–Crippen MR) is 89.4 cm³/mol. The van der Waals surface area contributed by atoms with Crippen molar-refractivity contribution in [2.75, 3.05) is 26.2 Å². The number of H-pyrrole nitrogens is 1. The molecule has 8 heteroatoms. The third-order valence-corrected chi connectivity index (χ3v) is 4.06. The van der Waals surface area contributed by atoms with Crippen molar-refractivity contribution in [3.63, 3.8) is 0 Å². The summed E-state index contributed by atoms with van der Waals surface area (Å²) in [6, 6.07) is 8.87. The fraction of sp³-hybridized carbons (Fsp3) is 0.294. The number of amides is 2. The number of carbonyl (C=O) groups excluding carboxylic acids is 2. The molecule has 2 heterocycles. The molecule has 1 aromatic carbocycles. The van der Waals surface area contributed by atoms with Gasteiger partial charge in [0.25, 0.3) is 17.4 Å². The van der Waals surface area contributed by atoms with Crippen LogP contribution in [-0.4, -0.2) is 63.1 Å². The number of phenolic OH excluding ortho intramolecular Hbond substituents is 1. The van der Waals surface area contributed by atoms with Crippen molar-refractivity contribution >= 4 is 11.8 Å². The molecular weight excluding hydrogens is 324 g/mol. The van der Waals surface area contributed by atoms with E-state index in [-0.39, 0.29) is 28.8 Å². The van der Waals surface area contributed by atoms with E-state index in [1.807, 2.05) is 0 Å². The third kappa shape index (κ3) is 3.85. The van der Waals surface area contributed by atoms with Crippen molar-refractivity contribution in [1.29, 1.82) is 0 Å². The zero-order valence-corrected chi connectivity index (χ0v) is 13.5. The van der Waals surface area contributed by atoms with E-state index in [4.69, 9.17) is 0 Å². The van der Waals surface area contributed by atoms with Gasteiger partial charge in [-0.2, -0.15) is 5.10 Å². The lowest BCUT2D eigenvalue weighted by Crippen LogP contribution is -2.37. The normalized spacial score (nSPS) is 14.9. The summed E-state index contributed by atoms with van der Waals surface area (Å²) in [7, 11) is 0. The maximum atomic E-state index is 12.5. The molecule has 0 spiro atoms. The lowest BCUT2D eigenvalue weighted by atomic mass is 10.2. The van der Waals surface area contributed by atoms with Gasteiger partial charge in [-0.3, -0.25) is 14.4 Å². The highest BCUT2D eigenvalue weighted by molar-refractivity contribution is 5.95. The van der Waals surface area contributed by atoms with Gasteiger partial charge in [0.05, 0.1) is 0 Å². The highest BCUT2D eigenvalue weighted by Crippen LogP contribution is 2.15. The van der Waals surface area contributed by atoms with Gasteiger partial charge in [-0.15, -0.1) is 0 Å². The van der Waals surface area contributed by atoms with Crippen LogP contribution < -0.4 is 5.56 Å². The number of benzene rings is 1. The molecule has 3 rings (SSSR count). The molecule has 8 nitrogen and oxygen atoms in total. The van der Waals surface area contributed by atoms with Crippen LogP contribution in [0.2, 0.25) is 0 Å². The van der Waals surface area contributed by atoms with E-state index in [0.29, 0.717) is 38.2 Å². The Morgan fingerprint density at radius 2 is 1.72 bits per heavy atom. The van der Waals surface area contributed by atoms with Crippen LogP contribution in [0, 0.1) is 0 Å². The summed E-state index contributed by atoms with van der Waals surface area (Å²) >= 11 is 0. The second kappa shape index (κ2) is 7.16. The minimum atomic E-state index is -0.365. The molecule has 0 saturated carbocycles. The van der Waals surface area contributed by atoms with E-state index < -0.39 is 0 Å². The summed E-state index contributed by atoms with van der Waals surface area (Å²) in [5.74, 6) is -0.406. The van der Waals surface area contributed by atoms with Gasteiger partial charge in [0, 0.05) is 37.8 Å². The average molecular weight is 342 g/mol. The number of aromatic nitrogens is 2. The minimum Gasteiger partial charge on any atom is -0.508 e. The summed E-state index contributed by atoms with van der Waals surface area (Å²) in [5, 5.41) is 15.5. The van der Waals surface area contributed by atoms with E-state index in [0.717, 1.165) is 0 Å². The molecule has 2 amide bonds. The summed E-state index contributed by atoms with van der Waals surface area (Å²) in [6.07, 6.45) is 0.639. The van der Waals surface area contributed by atoms with Crippen molar-refractivity contribution in [3.05, 3.63) is 58.0 Å². The SMILES string of the molecule is O=C(c1cccc(O)c1)N1CCCN(C(=O)c2ccc(=O)[nH]n2)CC1. The molecule has 0 aliphatic carbocycles. The number of hydrogen-bond donors (Lipinski definition) is 2. The van der Waals surface area contributed by atoms with Crippen LogP contribution in [0.4, 0.5) is 0 Å². The van der Waals surface area contributed by atoms with E-state index in [9.17, 15) is 19.5 Å². The molecule has 130 valence electrons. The first kappa shape index (κ1) is 16.7. The topological polar surface area (TPSA) is 107 Å². The smallest absolute Gasteiger partial charge is 0.274 e. The highest BCUT2D eigenvalue weighted by Gasteiger charge is 2.24.